The first kappa shape index (κ1) is 13.0. The van der Waals surface area contributed by atoms with E-state index in [9.17, 15) is 5.11 Å². The molecule has 1 unspecified atom stereocenters. The van der Waals surface area contributed by atoms with Crippen LogP contribution in [0.1, 0.15) is 16.7 Å². The van der Waals surface area contributed by atoms with Crippen LogP contribution in [0.4, 0.5) is 0 Å². The van der Waals surface area contributed by atoms with Gasteiger partial charge >= 0.3 is 0 Å². The van der Waals surface area contributed by atoms with Gasteiger partial charge in [-0.1, -0.05) is 29.8 Å². The first-order valence-corrected chi connectivity index (χ1v) is 6.95. The molecule has 0 saturated heterocycles. The zero-order chi connectivity index (χ0) is 13.9. The number of rotatable bonds is 4. The van der Waals surface area contributed by atoms with Crippen molar-refractivity contribution in [2.45, 2.75) is 26.0 Å². The number of hydrogen-bond acceptors (Lipinski definition) is 3. The van der Waals surface area contributed by atoms with Crippen molar-refractivity contribution in [1.29, 1.82) is 0 Å². The molecule has 2 aromatic rings. The quantitative estimate of drug-likeness (QED) is 0.896. The van der Waals surface area contributed by atoms with Crippen LogP contribution in [0, 0.1) is 6.92 Å². The number of benzene rings is 2. The molecule has 1 atom stereocenters. The summed E-state index contributed by atoms with van der Waals surface area (Å²) in [6.45, 7) is 3.72. The lowest BCUT2D eigenvalue weighted by molar-refractivity contribution is 0.227. The molecule has 104 valence electrons. The predicted molar refractivity (Wildman–Crippen MR) is 79.1 cm³/mol. The Morgan fingerprint density at radius 1 is 1.20 bits per heavy atom. The van der Waals surface area contributed by atoms with Crippen molar-refractivity contribution in [3.63, 3.8) is 0 Å². The fraction of sp³-hybridized carbons (Fsp3) is 0.294. The number of aryl methyl sites for hydroxylation is 1. The summed E-state index contributed by atoms with van der Waals surface area (Å²) >= 11 is 0. The average Bonchev–Trinajstić information content (AvgIpc) is 2.83. The van der Waals surface area contributed by atoms with Gasteiger partial charge in [-0.25, -0.2) is 0 Å². The van der Waals surface area contributed by atoms with Crippen molar-refractivity contribution in [2.75, 3.05) is 6.54 Å². The van der Waals surface area contributed by atoms with E-state index in [1.807, 2.05) is 12.1 Å². The van der Waals surface area contributed by atoms with Crippen molar-refractivity contribution in [3.8, 4) is 11.5 Å². The zero-order valence-electron chi connectivity index (χ0n) is 11.6. The predicted octanol–water partition coefficient (Wildman–Crippen LogP) is 2.79. The minimum absolute atomic E-state index is 0.212. The maximum absolute atomic E-state index is 9.24. The second-order valence-electron chi connectivity index (χ2n) is 5.35. The fourth-order valence-electron chi connectivity index (χ4n) is 2.55. The highest BCUT2D eigenvalue weighted by Crippen LogP contribution is 2.29. The van der Waals surface area contributed by atoms with E-state index in [4.69, 9.17) is 4.74 Å². The Bertz CT molecular complexity index is 592. The van der Waals surface area contributed by atoms with Crippen LogP contribution in [0.2, 0.25) is 0 Å². The maximum Gasteiger partial charge on any atom is 0.123 e. The Hall–Kier alpha value is -2.00. The zero-order valence-corrected chi connectivity index (χ0v) is 11.6. The molecule has 0 aromatic heterocycles. The molecule has 0 aliphatic carbocycles. The molecule has 0 radical (unpaired) electrons. The van der Waals surface area contributed by atoms with E-state index in [0.29, 0.717) is 5.75 Å². The minimum Gasteiger partial charge on any atom is -0.508 e. The number of phenols is 1. The van der Waals surface area contributed by atoms with Gasteiger partial charge in [-0.2, -0.15) is 0 Å². The molecular formula is C17H19NO2. The van der Waals surface area contributed by atoms with Gasteiger partial charge in [0.2, 0.25) is 0 Å². The summed E-state index contributed by atoms with van der Waals surface area (Å²) in [6.07, 6.45) is 1.18. The van der Waals surface area contributed by atoms with Crippen molar-refractivity contribution < 1.29 is 9.84 Å². The highest BCUT2D eigenvalue weighted by Gasteiger charge is 2.22. The van der Waals surface area contributed by atoms with Gasteiger partial charge < -0.3 is 15.2 Å². The Morgan fingerprint density at radius 3 is 2.80 bits per heavy atom. The van der Waals surface area contributed by atoms with E-state index in [-0.39, 0.29) is 6.10 Å². The number of fused-ring (bicyclic) bond motifs is 1. The van der Waals surface area contributed by atoms with Crippen LogP contribution in [0.15, 0.2) is 42.5 Å². The molecule has 3 heteroatoms. The minimum atomic E-state index is 0.212. The Balaban J connectivity index is 1.50. The van der Waals surface area contributed by atoms with Crippen LogP contribution in [0.25, 0.3) is 0 Å². The van der Waals surface area contributed by atoms with E-state index in [2.05, 4.69) is 30.4 Å². The molecular weight excluding hydrogens is 250 g/mol. The number of aromatic hydroxyl groups is 1. The molecule has 3 nitrogen and oxygen atoms in total. The number of hydrogen-bond donors (Lipinski definition) is 2. The molecule has 3 rings (SSSR count). The molecule has 1 aliphatic heterocycles. The van der Waals surface area contributed by atoms with Gasteiger partial charge in [-0.05, 0) is 36.2 Å². The fourth-order valence-corrected chi connectivity index (χ4v) is 2.55. The van der Waals surface area contributed by atoms with E-state index >= 15 is 0 Å². The van der Waals surface area contributed by atoms with Crippen LogP contribution in [-0.4, -0.2) is 17.8 Å². The lowest BCUT2D eigenvalue weighted by Gasteiger charge is -2.12. The van der Waals surface area contributed by atoms with Gasteiger partial charge in [0.1, 0.15) is 17.6 Å². The SMILES string of the molecule is Cc1ccc2c(c1)CC(CNCc1ccc(O)cc1)O2. The van der Waals surface area contributed by atoms with Crippen LogP contribution in [0.5, 0.6) is 11.5 Å². The number of nitrogens with one attached hydrogen (secondary N) is 1. The monoisotopic (exact) mass is 269 g/mol. The lowest BCUT2D eigenvalue weighted by Crippen LogP contribution is -2.29. The van der Waals surface area contributed by atoms with Gasteiger partial charge in [-0.15, -0.1) is 0 Å². The van der Waals surface area contributed by atoms with Crippen LogP contribution in [-0.2, 0) is 13.0 Å². The third-order valence-electron chi connectivity index (χ3n) is 3.59. The Kier molecular flexibility index (Phi) is 3.61. The molecule has 0 bridgehead atoms. The van der Waals surface area contributed by atoms with Crippen LogP contribution < -0.4 is 10.1 Å². The smallest absolute Gasteiger partial charge is 0.123 e. The summed E-state index contributed by atoms with van der Waals surface area (Å²) in [6, 6.07) is 13.6. The number of ether oxygens (including phenoxy) is 1. The molecule has 1 aliphatic rings. The third kappa shape index (κ3) is 2.94. The molecule has 2 N–H and O–H groups in total. The summed E-state index contributed by atoms with van der Waals surface area (Å²) in [5.41, 5.74) is 3.75. The van der Waals surface area contributed by atoms with Gasteiger partial charge in [0.25, 0.3) is 0 Å². The molecule has 1 heterocycles. The second kappa shape index (κ2) is 5.55. The lowest BCUT2D eigenvalue weighted by atomic mass is 10.1. The second-order valence-corrected chi connectivity index (χ2v) is 5.35. The molecule has 0 spiro atoms. The molecule has 20 heavy (non-hydrogen) atoms. The van der Waals surface area contributed by atoms with Crippen molar-refractivity contribution in [1.82, 2.24) is 5.32 Å². The van der Waals surface area contributed by atoms with E-state index in [0.717, 1.165) is 30.8 Å². The molecule has 0 amide bonds. The molecule has 0 saturated carbocycles. The van der Waals surface area contributed by atoms with Crippen LogP contribution in [0.3, 0.4) is 0 Å². The molecule has 0 fully saturated rings. The standard InChI is InChI=1S/C17H19NO2/c1-12-2-7-17-14(8-12)9-16(20-17)11-18-10-13-3-5-15(19)6-4-13/h2-8,16,18-19H,9-11H2,1H3. The Labute approximate surface area is 119 Å². The van der Waals surface area contributed by atoms with Crippen molar-refractivity contribution >= 4 is 0 Å². The topological polar surface area (TPSA) is 41.5 Å². The summed E-state index contributed by atoms with van der Waals surface area (Å²) < 4.78 is 5.92. The van der Waals surface area contributed by atoms with Crippen molar-refractivity contribution in [3.05, 3.63) is 59.2 Å². The highest BCUT2D eigenvalue weighted by atomic mass is 16.5. The van der Waals surface area contributed by atoms with Gasteiger partial charge in [0, 0.05) is 19.5 Å². The van der Waals surface area contributed by atoms with Gasteiger partial charge in [0.15, 0.2) is 0 Å². The normalized spacial score (nSPS) is 16.8. The van der Waals surface area contributed by atoms with E-state index in [1.165, 1.54) is 11.1 Å². The summed E-state index contributed by atoms with van der Waals surface area (Å²) in [4.78, 5) is 0. The first-order valence-electron chi connectivity index (χ1n) is 6.95. The van der Waals surface area contributed by atoms with E-state index in [1.54, 1.807) is 12.1 Å². The largest absolute Gasteiger partial charge is 0.508 e. The summed E-state index contributed by atoms with van der Waals surface area (Å²) in [5.74, 6) is 1.32. The summed E-state index contributed by atoms with van der Waals surface area (Å²) in [5, 5.41) is 12.6. The van der Waals surface area contributed by atoms with Gasteiger partial charge in [0.05, 0.1) is 0 Å². The Morgan fingerprint density at radius 2 is 2.00 bits per heavy atom. The molecule has 2 aromatic carbocycles. The van der Waals surface area contributed by atoms with Crippen LogP contribution >= 0.6 is 0 Å². The average molecular weight is 269 g/mol. The van der Waals surface area contributed by atoms with Crippen molar-refractivity contribution in [2.24, 2.45) is 0 Å². The highest BCUT2D eigenvalue weighted by molar-refractivity contribution is 5.40. The summed E-state index contributed by atoms with van der Waals surface area (Å²) in [7, 11) is 0. The first-order chi connectivity index (χ1) is 9.70. The number of phenolic OH excluding ortho intramolecular Hbond substituents is 1. The van der Waals surface area contributed by atoms with Gasteiger partial charge in [-0.3, -0.25) is 0 Å². The van der Waals surface area contributed by atoms with E-state index < -0.39 is 0 Å². The third-order valence-corrected chi connectivity index (χ3v) is 3.59. The maximum atomic E-state index is 9.24.